The van der Waals surface area contributed by atoms with Crippen molar-refractivity contribution < 1.29 is 4.79 Å². The Labute approximate surface area is 147 Å². The predicted octanol–water partition coefficient (Wildman–Crippen LogP) is 5.14. The molecule has 0 aliphatic rings. The molecule has 0 saturated heterocycles. The van der Waals surface area contributed by atoms with Gasteiger partial charge in [-0.2, -0.15) is 0 Å². The molecule has 1 unspecified atom stereocenters. The van der Waals surface area contributed by atoms with E-state index in [0.717, 1.165) is 25.1 Å². The highest BCUT2D eigenvalue weighted by Gasteiger charge is 2.17. The van der Waals surface area contributed by atoms with Crippen molar-refractivity contribution in [2.45, 2.75) is 21.4 Å². The van der Waals surface area contributed by atoms with Crippen LogP contribution in [0.1, 0.15) is 6.92 Å². The maximum atomic E-state index is 12.4. The summed E-state index contributed by atoms with van der Waals surface area (Å²) >= 11 is 4.75. The van der Waals surface area contributed by atoms with Crippen LogP contribution in [0.15, 0.2) is 57.8 Å². The number of carbonyl (C=O) groups excluding carboxylic acids is 1. The first-order chi connectivity index (χ1) is 11.2. The highest BCUT2D eigenvalue weighted by molar-refractivity contribution is 8.02. The molecule has 0 radical (unpaired) electrons. The van der Waals surface area contributed by atoms with Crippen LogP contribution in [-0.4, -0.2) is 22.4 Å². The molecule has 2 aromatic carbocycles. The third-order valence-corrected chi connectivity index (χ3v) is 6.31. The van der Waals surface area contributed by atoms with E-state index in [1.54, 1.807) is 23.1 Å². The summed E-state index contributed by atoms with van der Waals surface area (Å²) < 4.78 is 2.07. The largest absolute Gasteiger partial charge is 0.324 e. The van der Waals surface area contributed by atoms with Gasteiger partial charge in [-0.3, -0.25) is 4.79 Å². The number of aromatic nitrogens is 1. The lowest BCUT2D eigenvalue weighted by molar-refractivity contribution is -0.115. The van der Waals surface area contributed by atoms with Crippen molar-refractivity contribution in [3.63, 3.8) is 0 Å². The standard InChI is InChI=1S/C17H16N2OS3/c1-11(16(20)18-12-7-3-5-9-14(12)21-2)22-17-19-13-8-4-6-10-15(13)23-17/h3-11H,1-2H3,(H,18,20). The van der Waals surface area contributed by atoms with Gasteiger partial charge >= 0.3 is 0 Å². The van der Waals surface area contributed by atoms with Gasteiger partial charge in [0.25, 0.3) is 0 Å². The molecule has 3 aromatic rings. The van der Waals surface area contributed by atoms with Crippen LogP contribution in [0.25, 0.3) is 10.2 Å². The van der Waals surface area contributed by atoms with Crippen molar-refractivity contribution in [3.8, 4) is 0 Å². The molecule has 1 N–H and O–H groups in total. The van der Waals surface area contributed by atoms with Crippen LogP contribution < -0.4 is 5.32 Å². The van der Waals surface area contributed by atoms with Crippen molar-refractivity contribution in [3.05, 3.63) is 48.5 Å². The predicted molar refractivity (Wildman–Crippen MR) is 102 cm³/mol. The molecule has 23 heavy (non-hydrogen) atoms. The van der Waals surface area contributed by atoms with Crippen molar-refractivity contribution in [2.75, 3.05) is 11.6 Å². The first-order valence-corrected chi connectivity index (χ1v) is 10.1. The van der Waals surface area contributed by atoms with Gasteiger partial charge in [-0.05, 0) is 37.4 Å². The summed E-state index contributed by atoms with van der Waals surface area (Å²) in [7, 11) is 0. The Balaban J connectivity index is 1.69. The molecule has 0 bridgehead atoms. The van der Waals surface area contributed by atoms with E-state index in [1.165, 1.54) is 11.8 Å². The first kappa shape index (κ1) is 16.4. The summed E-state index contributed by atoms with van der Waals surface area (Å²) in [5.74, 6) is -0.00393. The number of thioether (sulfide) groups is 2. The molecular weight excluding hydrogens is 344 g/mol. The van der Waals surface area contributed by atoms with Crippen molar-refractivity contribution >= 4 is 56.7 Å². The molecule has 6 heteroatoms. The number of thiazole rings is 1. The Morgan fingerprint density at radius 2 is 1.91 bits per heavy atom. The summed E-state index contributed by atoms with van der Waals surface area (Å²) in [5, 5.41) is 2.81. The summed E-state index contributed by atoms with van der Waals surface area (Å²) in [6, 6.07) is 15.9. The van der Waals surface area contributed by atoms with E-state index in [0.29, 0.717) is 0 Å². The molecule has 0 saturated carbocycles. The third-order valence-electron chi connectivity index (χ3n) is 3.29. The van der Waals surface area contributed by atoms with Crippen molar-refractivity contribution in [1.29, 1.82) is 0 Å². The lowest BCUT2D eigenvalue weighted by atomic mass is 10.3. The van der Waals surface area contributed by atoms with Gasteiger partial charge in [0, 0.05) is 4.90 Å². The zero-order valence-electron chi connectivity index (χ0n) is 12.8. The van der Waals surface area contributed by atoms with E-state index in [4.69, 9.17) is 0 Å². The van der Waals surface area contributed by atoms with Gasteiger partial charge < -0.3 is 5.32 Å². The summed E-state index contributed by atoms with van der Waals surface area (Å²) in [6.45, 7) is 1.91. The highest BCUT2D eigenvalue weighted by atomic mass is 32.2. The van der Waals surface area contributed by atoms with Crippen LogP contribution >= 0.6 is 34.9 Å². The Morgan fingerprint density at radius 3 is 2.70 bits per heavy atom. The van der Waals surface area contributed by atoms with Crippen LogP contribution in [0.4, 0.5) is 5.69 Å². The summed E-state index contributed by atoms with van der Waals surface area (Å²) in [4.78, 5) is 18.1. The molecule has 3 rings (SSSR count). The molecule has 3 nitrogen and oxygen atoms in total. The molecule has 1 heterocycles. The molecular formula is C17H16N2OS3. The second-order valence-electron chi connectivity index (χ2n) is 4.90. The number of para-hydroxylation sites is 2. The number of rotatable bonds is 5. The molecule has 0 fully saturated rings. The lowest BCUT2D eigenvalue weighted by Crippen LogP contribution is -2.22. The fourth-order valence-electron chi connectivity index (χ4n) is 2.09. The minimum atomic E-state index is -0.203. The second-order valence-corrected chi connectivity index (χ2v) is 8.36. The van der Waals surface area contributed by atoms with E-state index >= 15 is 0 Å². The minimum Gasteiger partial charge on any atom is -0.324 e. The maximum Gasteiger partial charge on any atom is 0.237 e. The Hall–Kier alpha value is -1.50. The van der Waals surface area contributed by atoms with Gasteiger partial charge in [-0.15, -0.1) is 23.1 Å². The smallest absolute Gasteiger partial charge is 0.237 e. The van der Waals surface area contributed by atoms with E-state index in [-0.39, 0.29) is 11.2 Å². The average Bonchev–Trinajstić information content (AvgIpc) is 2.97. The molecule has 1 aromatic heterocycles. The number of nitrogens with one attached hydrogen (secondary N) is 1. The Morgan fingerprint density at radius 1 is 1.17 bits per heavy atom. The number of benzene rings is 2. The van der Waals surface area contributed by atoms with Gasteiger partial charge in [0.15, 0.2) is 4.34 Å². The van der Waals surface area contributed by atoms with Crippen LogP contribution in [0.3, 0.4) is 0 Å². The number of fused-ring (bicyclic) bond motifs is 1. The normalized spacial score (nSPS) is 12.3. The van der Waals surface area contributed by atoms with Crippen LogP contribution in [0, 0.1) is 0 Å². The SMILES string of the molecule is CSc1ccccc1NC(=O)C(C)Sc1nc2ccccc2s1. The summed E-state index contributed by atoms with van der Waals surface area (Å²) in [5.41, 5.74) is 1.85. The fourth-order valence-corrected chi connectivity index (χ4v) is 4.85. The number of nitrogens with zero attached hydrogens (tertiary/aromatic N) is 1. The molecule has 0 aliphatic heterocycles. The fraction of sp³-hybridized carbons (Fsp3) is 0.176. The Bertz CT molecular complexity index is 798. The zero-order valence-corrected chi connectivity index (χ0v) is 15.2. The van der Waals surface area contributed by atoms with Crippen LogP contribution in [0.5, 0.6) is 0 Å². The van der Waals surface area contributed by atoms with Crippen molar-refractivity contribution in [2.24, 2.45) is 0 Å². The minimum absolute atomic E-state index is 0.00393. The zero-order chi connectivity index (χ0) is 16.2. The average molecular weight is 361 g/mol. The number of hydrogen-bond acceptors (Lipinski definition) is 5. The number of hydrogen-bond donors (Lipinski definition) is 1. The summed E-state index contributed by atoms with van der Waals surface area (Å²) in [6.07, 6.45) is 2.00. The van der Waals surface area contributed by atoms with Gasteiger partial charge in [0.1, 0.15) is 0 Å². The van der Waals surface area contributed by atoms with Gasteiger partial charge in [-0.1, -0.05) is 36.0 Å². The van der Waals surface area contributed by atoms with Gasteiger partial charge in [0.2, 0.25) is 5.91 Å². The van der Waals surface area contributed by atoms with E-state index < -0.39 is 0 Å². The van der Waals surface area contributed by atoms with E-state index in [1.807, 2.05) is 55.6 Å². The van der Waals surface area contributed by atoms with Gasteiger partial charge in [0.05, 0.1) is 21.2 Å². The number of amides is 1. The van der Waals surface area contributed by atoms with Crippen molar-refractivity contribution in [1.82, 2.24) is 4.98 Å². The molecule has 0 spiro atoms. The van der Waals surface area contributed by atoms with Crippen LogP contribution in [0.2, 0.25) is 0 Å². The quantitative estimate of drug-likeness (QED) is 0.640. The molecule has 118 valence electrons. The second kappa shape index (κ2) is 7.38. The highest BCUT2D eigenvalue weighted by Crippen LogP contribution is 2.32. The molecule has 0 aliphatic carbocycles. The Kier molecular flexibility index (Phi) is 5.25. The number of carbonyl (C=O) groups is 1. The van der Waals surface area contributed by atoms with Gasteiger partial charge in [-0.25, -0.2) is 4.98 Å². The van der Waals surface area contributed by atoms with E-state index in [2.05, 4.69) is 16.4 Å². The lowest BCUT2D eigenvalue weighted by Gasteiger charge is -2.12. The number of anilines is 1. The third kappa shape index (κ3) is 3.88. The topological polar surface area (TPSA) is 42.0 Å². The molecule has 1 amide bonds. The van der Waals surface area contributed by atoms with E-state index in [9.17, 15) is 4.79 Å². The first-order valence-electron chi connectivity index (χ1n) is 7.13. The maximum absolute atomic E-state index is 12.4. The van der Waals surface area contributed by atoms with Crippen LogP contribution in [-0.2, 0) is 4.79 Å². The molecule has 1 atom stereocenters. The monoisotopic (exact) mass is 360 g/mol.